The van der Waals surface area contributed by atoms with Crippen molar-refractivity contribution in [2.24, 2.45) is 23.5 Å². The zero-order valence-corrected chi connectivity index (χ0v) is 11.6. The van der Waals surface area contributed by atoms with E-state index in [0.717, 1.165) is 17.4 Å². The van der Waals surface area contributed by atoms with Crippen LogP contribution in [-0.4, -0.2) is 5.91 Å². The van der Waals surface area contributed by atoms with Crippen LogP contribution in [0.1, 0.15) is 37.7 Å². The minimum atomic E-state index is -0.408. The maximum absolute atomic E-state index is 13.8. The standard InChI is InChI=1S/C16H21FN2O/c17-14-7-11(9-18)2-4-15(14)19-16(20)8-13-6-10-1-3-12(13)5-10/h2,4,7,10,12-13H,1,3,5-6,8-9,18H2,(H,19,20). The van der Waals surface area contributed by atoms with Crippen molar-refractivity contribution in [2.75, 3.05) is 5.32 Å². The van der Waals surface area contributed by atoms with E-state index in [2.05, 4.69) is 5.32 Å². The van der Waals surface area contributed by atoms with Crippen LogP contribution in [0.2, 0.25) is 0 Å². The van der Waals surface area contributed by atoms with Gasteiger partial charge in [-0.15, -0.1) is 0 Å². The lowest BCUT2D eigenvalue weighted by atomic mass is 9.86. The Morgan fingerprint density at radius 1 is 1.35 bits per heavy atom. The summed E-state index contributed by atoms with van der Waals surface area (Å²) in [6.07, 6.45) is 5.59. The Morgan fingerprint density at radius 2 is 2.20 bits per heavy atom. The quantitative estimate of drug-likeness (QED) is 0.888. The summed E-state index contributed by atoms with van der Waals surface area (Å²) in [6, 6.07) is 4.72. The van der Waals surface area contributed by atoms with Crippen molar-refractivity contribution in [3.63, 3.8) is 0 Å². The fraction of sp³-hybridized carbons (Fsp3) is 0.562. The normalized spacial score (nSPS) is 27.8. The number of benzene rings is 1. The van der Waals surface area contributed by atoms with Crippen LogP contribution < -0.4 is 11.1 Å². The minimum Gasteiger partial charge on any atom is -0.326 e. The van der Waals surface area contributed by atoms with Gasteiger partial charge in [0.05, 0.1) is 5.69 Å². The van der Waals surface area contributed by atoms with Crippen molar-refractivity contribution in [1.29, 1.82) is 0 Å². The van der Waals surface area contributed by atoms with Crippen LogP contribution in [-0.2, 0) is 11.3 Å². The van der Waals surface area contributed by atoms with Crippen molar-refractivity contribution in [3.8, 4) is 0 Å². The maximum Gasteiger partial charge on any atom is 0.224 e. The first-order valence-corrected chi connectivity index (χ1v) is 7.44. The van der Waals surface area contributed by atoms with Crippen LogP contribution in [0.4, 0.5) is 10.1 Å². The molecule has 1 aromatic carbocycles. The van der Waals surface area contributed by atoms with E-state index < -0.39 is 5.82 Å². The number of amides is 1. The van der Waals surface area contributed by atoms with Gasteiger partial charge in [0.2, 0.25) is 5.91 Å². The Morgan fingerprint density at radius 3 is 2.80 bits per heavy atom. The SMILES string of the molecule is NCc1ccc(NC(=O)CC2CC3CCC2C3)c(F)c1. The third-order valence-corrected chi connectivity index (χ3v) is 4.88. The Hall–Kier alpha value is -1.42. The van der Waals surface area contributed by atoms with Crippen LogP contribution in [0, 0.1) is 23.6 Å². The molecule has 3 unspecified atom stereocenters. The van der Waals surface area contributed by atoms with Gasteiger partial charge in [-0.1, -0.05) is 12.5 Å². The molecule has 0 radical (unpaired) electrons. The first-order chi connectivity index (χ1) is 9.65. The first-order valence-electron chi connectivity index (χ1n) is 7.44. The number of carbonyl (C=O) groups is 1. The second-order valence-electron chi connectivity index (χ2n) is 6.21. The molecule has 0 heterocycles. The summed E-state index contributed by atoms with van der Waals surface area (Å²) in [7, 11) is 0. The summed E-state index contributed by atoms with van der Waals surface area (Å²) in [5, 5.41) is 2.69. The van der Waals surface area contributed by atoms with E-state index in [9.17, 15) is 9.18 Å². The second kappa shape index (κ2) is 5.52. The van der Waals surface area contributed by atoms with Gasteiger partial charge in [0, 0.05) is 13.0 Å². The van der Waals surface area contributed by atoms with Gasteiger partial charge in [0.25, 0.3) is 0 Å². The van der Waals surface area contributed by atoms with Crippen LogP contribution in [0.5, 0.6) is 0 Å². The van der Waals surface area contributed by atoms with Gasteiger partial charge in [-0.25, -0.2) is 4.39 Å². The Kier molecular flexibility index (Phi) is 3.74. The highest BCUT2D eigenvalue weighted by Gasteiger charge is 2.40. The number of hydrogen-bond donors (Lipinski definition) is 2. The smallest absolute Gasteiger partial charge is 0.224 e. The molecule has 2 aliphatic carbocycles. The van der Waals surface area contributed by atoms with Gasteiger partial charge >= 0.3 is 0 Å². The van der Waals surface area contributed by atoms with Gasteiger partial charge in [-0.3, -0.25) is 4.79 Å². The maximum atomic E-state index is 13.8. The number of nitrogens with one attached hydrogen (secondary N) is 1. The summed E-state index contributed by atoms with van der Waals surface area (Å²) in [4.78, 5) is 12.0. The molecule has 3 rings (SSSR count). The number of carbonyl (C=O) groups excluding carboxylic acids is 1. The molecule has 2 fully saturated rings. The van der Waals surface area contributed by atoms with Gasteiger partial charge in [0.15, 0.2) is 0 Å². The van der Waals surface area contributed by atoms with Crippen LogP contribution in [0.25, 0.3) is 0 Å². The highest BCUT2D eigenvalue weighted by Crippen LogP contribution is 2.49. The molecule has 0 spiro atoms. The fourth-order valence-corrected chi connectivity index (χ4v) is 3.85. The lowest BCUT2D eigenvalue weighted by molar-refractivity contribution is -0.117. The van der Waals surface area contributed by atoms with Gasteiger partial charge < -0.3 is 11.1 Å². The fourth-order valence-electron chi connectivity index (χ4n) is 3.85. The molecule has 0 aromatic heterocycles. The molecule has 1 amide bonds. The Balaban J connectivity index is 1.59. The largest absolute Gasteiger partial charge is 0.326 e. The molecule has 3 atom stereocenters. The van der Waals surface area contributed by atoms with Crippen LogP contribution >= 0.6 is 0 Å². The number of halogens is 1. The van der Waals surface area contributed by atoms with E-state index in [1.807, 2.05) is 0 Å². The molecule has 4 heteroatoms. The van der Waals surface area contributed by atoms with Crippen molar-refractivity contribution in [2.45, 2.75) is 38.6 Å². The van der Waals surface area contributed by atoms with Crippen LogP contribution in [0.15, 0.2) is 18.2 Å². The summed E-state index contributed by atoms with van der Waals surface area (Å²) in [5.41, 5.74) is 6.45. The third kappa shape index (κ3) is 2.70. The number of rotatable bonds is 4. The molecule has 2 aliphatic rings. The van der Waals surface area contributed by atoms with Crippen molar-refractivity contribution in [3.05, 3.63) is 29.6 Å². The van der Waals surface area contributed by atoms with E-state index in [1.165, 1.54) is 31.7 Å². The van der Waals surface area contributed by atoms with E-state index in [4.69, 9.17) is 5.73 Å². The molecule has 20 heavy (non-hydrogen) atoms. The second-order valence-corrected chi connectivity index (χ2v) is 6.21. The number of anilines is 1. The number of fused-ring (bicyclic) bond motifs is 2. The molecule has 3 nitrogen and oxygen atoms in total. The molecule has 0 aliphatic heterocycles. The van der Waals surface area contributed by atoms with Gasteiger partial charge in [-0.05, 0) is 54.7 Å². The third-order valence-electron chi connectivity index (χ3n) is 4.88. The predicted octanol–water partition coefficient (Wildman–Crippen LogP) is 3.05. The highest BCUT2D eigenvalue weighted by molar-refractivity contribution is 5.91. The lowest BCUT2D eigenvalue weighted by Gasteiger charge is -2.21. The zero-order valence-electron chi connectivity index (χ0n) is 11.6. The van der Waals surface area contributed by atoms with Crippen molar-refractivity contribution >= 4 is 11.6 Å². The molecular formula is C16H21FN2O. The highest BCUT2D eigenvalue weighted by atomic mass is 19.1. The van der Waals surface area contributed by atoms with E-state index in [-0.39, 0.29) is 11.6 Å². The van der Waals surface area contributed by atoms with E-state index in [1.54, 1.807) is 12.1 Å². The number of nitrogens with two attached hydrogens (primary N) is 1. The summed E-state index contributed by atoms with van der Waals surface area (Å²) in [6.45, 7) is 0.302. The summed E-state index contributed by atoms with van der Waals surface area (Å²) in [5.74, 6) is 1.57. The van der Waals surface area contributed by atoms with Crippen molar-refractivity contribution in [1.82, 2.24) is 0 Å². The zero-order chi connectivity index (χ0) is 14.1. The van der Waals surface area contributed by atoms with Crippen LogP contribution in [0.3, 0.4) is 0 Å². The Labute approximate surface area is 118 Å². The molecule has 0 saturated heterocycles. The lowest BCUT2D eigenvalue weighted by Crippen LogP contribution is -2.20. The van der Waals surface area contributed by atoms with E-state index >= 15 is 0 Å². The van der Waals surface area contributed by atoms with Crippen molar-refractivity contribution < 1.29 is 9.18 Å². The average molecular weight is 276 g/mol. The Bertz CT molecular complexity index is 517. The molecule has 3 N–H and O–H groups in total. The van der Waals surface area contributed by atoms with Gasteiger partial charge in [0.1, 0.15) is 5.82 Å². The van der Waals surface area contributed by atoms with Gasteiger partial charge in [-0.2, -0.15) is 0 Å². The average Bonchev–Trinajstić information content (AvgIpc) is 3.03. The predicted molar refractivity (Wildman–Crippen MR) is 76.5 cm³/mol. The minimum absolute atomic E-state index is 0.0676. The molecule has 108 valence electrons. The molecule has 1 aromatic rings. The monoisotopic (exact) mass is 276 g/mol. The topological polar surface area (TPSA) is 55.1 Å². The summed E-state index contributed by atoms with van der Waals surface area (Å²) < 4.78 is 13.8. The van der Waals surface area contributed by atoms with E-state index in [0.29, 0.717) is 18.9 Å². The number of hydrogen-bond acceptors (Lipinski definition) is 2. The summed E-state index contributed by atoms with van der Waals surface area (Å²) >= 11 is 0. The molecular weight excluding hydrogens is 255 g/mol. The molecule has 2 saturated carbocycles. The molecule has 2 bridgehead atoms. The first kappa shape index (κ1) is 13.6.